The Balaban J connectivity index is 1.25. The van der Waals surface area contributed by atoms with Gasteiger partial charge in [-0.2, -0.15) is 0 Å². The van der Waals surface area contributed by atoms with E-state index in [1.807, 2.05) is 29.2 Å². The molecule has 8 heteroatoms. The lowest BCUT2D eigenvalue weighted by Gasteiger charge is -2.39. The predicted octanol–water partition coefficient (Wildman–Crippen LogP) is 3.74. The molecule has 0 unspecified atom stereocenters. The number of benzene rings is 3. The summed E-state index contributed by atoms with van der Waals surface area (Å²) in [5.41, 5.74) is 3.18. The van der Waals surface area contributed by atoms with Crippen molar-refractivity contribution in [1.82, 2.24) is 19.4 Å². The number of fused-ring (bicyclic) bond motifs is 1. The number of aromatic nitrogens is 2. The topological polar surface area (TPSA) is 87.6 Å². The van der Waals surface area contributed by atoms with Gasteiger partial charge in [-0.25, -0.2) is 4.79 Å². The van der Waals surface area contributed by atoms with Crippen molar-refractivity contribution in [3.8, 4) is 5.75 Å². The summed E-state index contributed by atoms with van der Waals surface area (Å²) in [4.78, 5) is 46.2. The van der Waals surface area contributed by atoms with Crippen molar-refractivity contribution in [2.75, 3.05) is 26.7 Å². The molecule has 2 heterocycles. The van der Waals surface area contributed by atoms with Gasteiger partial charge in [-0.1, -0.05) is 54.1 Å². The van der Waals surface area contributed by atoms with E-state index in [0.29, 0.717) is 37.0 Å². The number of nitrogens with one attached hydrogen (secondary N) is 1. The largest absolute Gasteiger partial charge is 0.497 e. The van der Waals surface area contributed by atoms with Crippen LogP contribution >= 0.6 is 0 Å². The Bertz CT molecular complexity index is 1570. The zero-order chi connectivity index (χ0) is 28.1. The van der Waals surface area contributed by atoms with Crippen LogP contribution in [-0.2, 0) is 24.3 Å². The van der Waals surface area contributed by atoms with Gasteiger partial charge in [-0.05, 0) is 55.2 Å². The summed E-state index contributed by atoms with van der Waals surface area (Å²) in [6.07, 6.45) is 2.01. The van der Waals surface area contributed by atoms with Crippen LogP contribution < -0.4 is 16.0 Å². The molecule has 3 aromatic carbocycles. The molecule has 1 fully saturated rings. The number of carbonyl (C=O) groups is 1. The van der Waals surface area contributed by atoms with Crippen LogP contribution in [0, 0.1) is 6.92 Å². The highest BCUT2D eigenvalue weighted by atomic mass is 16.5. The summed E-state index contributed by atoms with van der Waals surface area (Å²) in [6, 6.07) is 23.2. The first-order valence-corrected chi connectivity index (χ1v) is 13.8. The number of piperidine rings is 1. The normalized spacial score (nSPS) is 14.3. The van der Waals surface area contributed by atoms with E-state index in [1.54, 1.807) is 31.4 Å². The molecule has 1 aromatic heterocycles. The number of nitrogens with zero attached hydrogens (tertiary/aromatic N) is 3. The van der Waals surface area contributed by atoms with Crippen molar-refractivity contribution < 1.29 is 9.53 Å². The summed E-state index contributed by atoms with van der Waals surface area (Å²) in [5.74, 6) is 0.881. The predicted molar refractivity (Wildman–Crippen MR) is 157 cm³/mol. The first kappa shape index (κ1) is 27.4. The lowest BCUT2D eigenvalue weighted by molar-refractivity contribution is -0.134. The van der Waals surface area contributed by atoms with Crippen LogP contribution in [0.3, 0.4) is 0 Å². The molecule has 5 rings (SSSR count). The van der Waals surface area contributed by atoms with Crippen molar-refractivity contribution in [2.24, 2.45) is 0 Å². The van der Waals surface area contributed by atoms with Crippen LogP contribution in [-0.4, -0.2) is 58.0 Å². The molecule has 1 saturated heterocycles. The number of aromatic amines is 1. The number of carbonyl (C=O) groups excluding carboxylic acids is 1. The summed E-state index contributed by atoms with van der Waals surface area (Å²) in [6.45, 7) is 5.16. The zero-order valence-corrected chi connectivity index (χ0v) is 23.1. The number of ether oxygens (including phenoxy) is 1. The van der Waals surface area contributed by atoms with Crippen LogP contribution in [0.2, 0.25) is 0 Å². The molecule has 1 aliphatic heterocycles. The number of hydrogen-bond acceptors (Lipinski definition) is 5. The van der Waals surface area contributed by atoms with E-state index in [4.69, 9.17) is 4.74 Å². The maximum absolute atomic E-state index is 13.6. The zero-order valence-electron chi connectivity index (χ0n) is 23.1. The van der Waals surface area contributed by atoms with Gasteiger partial charge in [-0.15, -0.1) is 0 Å². The third kappa shape index (κ3) is 6.34. The minimum atomic E-state index is -0.382. The maximum atomic E-state index is 13.6. The standard InChI is InChI=1S/C32H36N4O4/c1-23-7-9-25(10-8-23)22-36(30(37)21-24-11-13-27(40-2)14-12-24)26-15-17-34(18-16-26)19-20-35-31(38)28-5-3-4-6-29(28)33-32(35)39/h3-14,26H,15-22H2,1-2H3,(H,33,39). The third-order valence-corrected chi connectivity index (χ3v) is 7.84. The molecule has 0 saturated carbocycles. The van der Waals surface area contributed by atoms with Crippen molar-refractivity contribution >= 4 is 16.8 Å². The molecule has 0 atom stereocenters. The summed E-state index contributed by atoms with van der Waals surface area (Å²) in [5, 5.41) is 0.517. The van der Waals surface area contributed by atoms with Crippen LogP contribution in [0.5, 0.6) is 5.75 Å². The lowest BCUT2D eigenvalue weighted by Crippen LogP contribution is -2.48. The molecular formula is C32H36N4O4. The highest BCUT2D eigenvalue weighted by Gasteiger charge is 2.28. The number of likely N-dealkylation sites (tertiary alicyclic amines) is 1. The second kappa shape index (κ2) is 12.3. The molecule has 0 radical (unpaired) electrons. The molecule has 40 heavy (non-hydrogen) atoms. The Morgan fingerprint density at radius 2 is 1.60 bits per heavy atom. The first-order valence-electron chi connectivity index (χ1n) is 13.8. The molecule has 0 spiro atoms. The number of H-pyrrole nitrogens is 1. The highest BCUT2D eigenvalue weighted by molar-refractivity contribution is 5.79. The second-order valence-electron chi connectivity index (χ2n) is 10.5. The molecule has 1 amide bonds. The fourth-order valence-corrected chi connectivity index (χ4v) is 5.43. The fourth-order valence-electron chi connectivity index (χ4n) is 5.43. The van der Waals surface area contributed by atoms with E-state index < -0.39 is 0 Å². The van der Waals surface area contributed by atoms with E-state index >= 15 is 0 Å². The highest BCUT2D eigenvalue weighted by Crippen LogP contribution is 2.22. The van der Waals surface area contributed by atoms with Gasteiger partial charge in [0.25, 0.3) is 5.56 Å². The van der Waals surface area contributed by atoms with Gasteiger partial charge in [0.15, 0.2) is 0 Å². The third-order valence-electron chi connectivity index (χ3n) is 7.84. The van der Waals surface area contributed by atoms with E-state index in [1.165, 1.54) is 10.1 Å². The van der Waals surface area contributed by atoms with Crippen molar-refractivity contribution in [3.05, 3.63) is 110 Å². The van der Waals surface area contributed by atoms with E-state index in [-0.39, 0.29) is 23.2 Å². The Morgan fingerprint density at radius 3 is 2.30 bits per heavy atom. The second-order valence-corrected chi connectivity index (χ2v) is 10.5. The first-order chi connectivity index (χ1) is 19.4. The van der Waals surface area contributed by atoms with Crippen LogP contribution in [0.25, 0.3) is 10.9 Å². The lowest BCUT2D eigenvalue weighted by atomic mass is 10.0. The smallest absolute Gasteiger partial charge is 0.328 e. The van der Waals surface area contributed by atoms with Gasteiger partial charge >= 0.3 is 5.69 Å². The van der Waals surface area contributed by atoms with Crippen LogP contribution in [0.15, 0.2) is 82.4 Å². The van der Waals surface area contributed by atoms with Crippen molar-refractivity contribution in [2.45, 2.75) is 45.3 Å². The number of para-hydroxylation sites is 1. The van der Waals surface area contributed by atoms with Gasteiger partial charge < -0.3 is 19.5 Å². The van der Waals surface area contributed by atoms with Crippen LogP contribution in [0.1, 0.15) is 29.5 Å². The number of hydrogen-bond donors (Lipinski definition) is 1. The molecule has 1 N–H and O–H groups in total. The Kier molecular flexibility index (Phi) is 8.45. The number of aryl methyl sites for hydroxylation is 1. The number of amides is 1. The summed E-state index contributed by atoms with van der Waals surface area (Å²) >= 11 is 0. The minimum absolute atomic E-state index is 0.110. The molecule has 208 valence electrons. The van der Waals surface area contributed by atoms with Crippen molar-refractivity contribution in [3.63, 3.8) is 0 Å². The van der Waals surface area contributed by atoms with Gasteiger partial charge in [-0.3, -0.25) is 14.2 Å². The Hall–Kier alpha value is -4.17. The molecule has 0 aliphatic carbocycles. The number of methoxy groups -OCH3 is 1. The summed E-state index contributed by atoms with van der Waals surface area (Å²) < 4.78 is 6.55. The summed E-state index contributed by atoms with van der Waals surface area (Å²) in [7, 11) is 1.63. The van der Waals surface area contributed by atoms with Crippen molar-refractivity contribution in [1.29, 1.82) is 0 Å². The average Bonchev–Trinajstić information content (AvgIpc) is 2.97. The van der Waals surface area contributed by atoms with E-state index in [9.17, 15) is 14.4 Å². The number of rotatable bonds is 9. The van der Waals surface area contributed by atoms with E-state index in [0.717, 1.165) is 42.8 Å². The SMILES string of the molecule is COc1ccc(CC(=O)N(Cc2ccc(C)cc2)C2CCN(CCn3c(=O)[nH]c4ccccc4c3=O)CC2)cc1. The average molecular weight is 541 g/mol. The fraction of sp³-hybridized carbons (Fsp3) is 0.344. The molecule has 0 bridgehead atoms. The van der Waals surface area contributed by atoms with Gasteiger partial charge in [0.1, 0.15) is 5.75 Å². The van der Waals surface area contributed by atoms with E-state index in [2.05, 4.69) is 41.1 Å². The van der Waals surface area contributed by atoms with Gasteiger partial charge in [0.2, 0.25) is 5.91 Å². The minimum Gasteiger partial charge on any atom is -0.497 e. The van der Waals surface area contributed by atoms with Crippen LogP contribution in [0.4, 0.5) is 0 Å². The maximum Gasteiger partial charge on any atom is 0.328 e. The molecule has 1 aliphatic rings. The van der Waals surface area contributed by atoms with Gasteiger partial charge in [0.05, 0.1) is 24.4 Å². The Morgan fingerprint density at radius 1 is 0.925 bits per heavy atom. The Labute approximate surface area is 233 Å². The van der Waals surface area contributed by atoms with Gasteiger partial charge in [0, 0.05) is 38.8 Å². The monoisotopic (exact) mass is 540 g/mol. The quantitative estimate of drug-likeness (QED) is 0.350. The molecule has 4 aromatic rings. The molecular weight excluding hydrogens is 504 g/mol. The molecule has 8 nitrogen and oxygen atoms in total.